The van der Waals surface area contributed by atoms with Gasteiger partial charge >= 0.3 is 0 Å². The van der Waals surface area contributed by atoms with Crippen molar-refractivity contribution in [3.63, 3.8) is 0 Å². The average molecular weight is 855 g/mol. The van der Waals surface area contributed by atoms with E-state index < -0.39 is 0 Å². The summed E-state index contributed by atoms with van der Waals surface area (Å²) >= 11 is 0. The molecule has 7 aromatic carbocycles. The van der Waals surface area contributed by atoms with Crippen LogP contribution >= 0.6 is 0 Å². The van der Waals surface area contributed by atoms with Crippen LogP contribution < -0.4 is 9.80 Å². The second kappa shape index (κ2) is 17.7. The summed E-state index contributed by atoms with van der Waals surface area (Å²) in [7, 11) is 0. The molecule has 0 radical (unpaired) electrons. The Morgan fingerprint density at radius 2 is 0.636 bits per heavy atom. The number of nitrogens with zero attached hydrogens (tertiary/aromatic N) is 4. The second-order valence-corrected chi connectivity index (χ2v) is 17.0. The molecule has 0 aliphatic carbocycles. The molecule has 2 aromatic heterocycles. The molecule has 0 bridgehead atoms. The molecule has 4 heterocycles. The zero-order valence-corrected chi connectivity index (χ0v) is 36.5. The predicted octanol–water partition coefficient (Wildman–Crippen LogP) is 14.1. The van der Waals surface area contributed by atoms with Gasteiger partial charge in [-0.1, -0.05) is 182 Å². The van der Waals surface area contributed by atoms with Crippen molar-refractivity contribution < 1.29 is 9.59 Å². The van der Waals surface area contributed by atoms with Crippen LogP contribution in [0.15, 0.2) is 206 Å². The van der Waals surface area contributed by atoms with E-state index in [4.69, 9.17) is 9.97 Å². The summed E-state index contributed by atoms with van der Waals surface area (Å²) in [4.78, 5) is 41.6. The number of rotatable bonds is 10. The van der Waals surface area contributed by atoms with Crippen LogP contribution in [0.1, 0.15) is 25.7 Å². The van der Waals surface area contributed by atoms with Gasteiger partial charge in [0, 0.05) is 70.4 Å². The van der Waals surface area contributed by atoms with Gasteiger partial charge in [0.15, 0.2) is 0 Å². The van der Waals surface area contributed by atoms with Gasteiger partial charge in [0.05, 0.1) is 34.2 Å². The molecular weight excluding hydrogens is 809 g/mol. The number of pyridine rings is 2. The van der Waals surface area contributed by atoms with E-state index in [0.29, 0.717) is 25.9 Å². The molecule has 9 aromatic rings. The molecule has 2 fully saturated rings. The van der Waals surface area contributed by atoms with Crippen molar-refractivity contribution in [1.82, 2.24) is 9.97 Å². The molecule has 2 saturated heterocycles. The summed E-state index contributed by atoms with van der Waals surface area (Å²) in [6, 6.07) is 71.1. The molecule has 6 nitrogen and oxygen atoms in total. The van der Waals surface area contributed by atoms with Crippen LogP contribution in [-0.4, -0.2) is 34.9 Å². The van der Waals surface area contributed by atoms with Crippen LogP contribution in [0, 0.1) is 0 Å². The van der Waals surface area contributed by atoms with E-state index >= 15 is 0 Å². The van der Waals surface area contributed by atoms with Gasteiger partial charge in [-0.25, -0.2) is 9.97 Å². The van der Waals surface area contributed by atoms with E-state index in [2.05, 4.69) is 133 Å². The highest BCUT2D eigenvalue weighted by Crippen LogP contribution is 2.45. The summed E-state index contributed by atoms with van der Waals surface area (Å²) in [6.45, 7) is 1.27. The molecule has 11 rings (SSSR count). The van der Waals surface area contributed by atoms with E-state index in [1.165, 1.54) is 0 Å². The van der Waals surface area contributed by atoms with Gasteiger partial charge < -0.3 is 9.80 Å². The van der Waals surface area contributed by atoms with Gasteiger partial charge in [0.2, 0.25) is 11.8 Å². The molecule has 66 heavy (non-hydrogen) atoms. The summed E-state index contributed by atoms with van der Waals surface area (Å²) in [5, 5.41) is 0. The van der Waals surface area contributed by atoms with E-state index in [1.54, 1.807) is 0 Å². The molecule has 2 aliphatic heterocycles. The van der Waals surface area contributed by atoms with Crippen molar-refractivity contribution in [3.05, 3.63) is 206 Å². The first-order valence-electron chi connectivity index (χ1n) is 22.8. The van der Waals surface area contributed by atoms with Crippen molar-refractivity contribution in [2.24, 2.45) is 0 Å². The lowest BCUT2D eigenvalue weighted by Crippen LogP contribution is -2.27. The van der Waals surface area contributed by atoms with Crippen LogP contribution in [0.2, 0.25) is 0 Å². The maximum Gasteiger partial charge on any atom is 0.227 e. The van der Waals surface area contributed by atoms with Gasteiger partial charge in [-0.2, -0.15) is 0 Å². The van der Waals surface area contributed by atoms with Gasteiger partial charge in [-0.3, -0.25) is 9.59 Å². The largest absolute Gasteiger partial charge is 0.312 e. The maximum absolute atomic E-state index is 13.7. The van der Waals surface area contributed by atoms with Crippen molar-refractivity contribution in [3.8, 4) is 89.5 Å². The van der Waals surface area contributed by atoms with E-state index in [9.17, 15) is 9.59 Å². The van der Waals surface area contributed by atoms with Crippen molar-refractivity contribution in [1.29, 1.82) is 0 Å². The molecule has 0 unspecified atom stereocenters. The SMILES string of the molecule is O=C1CCCN1c1cc(-c2ccc(-c3ccc(-c4ccccc4)nc3-c3ccccc3)cc2)c(N2CCCC2=O)cc1-c1ccc(-c2ccc(-c3ccccc3)nc2-c2ccccc2)cc1. The Hall–Kier alpha value is -8.22. The quantitative estimate of drug-likeness (QED) is 0.137. The number of amides is 2. The average Bonchev–Trinajstić information content (AvgIpc) is 4.04. The minimum Gasteiger partial charge on any atom is -0.312 e. The molecule has 0 saturated carbocycles. The fraction of sp³-hybridized carbons (Fsp3) is 0.100. The molecule has 0 spiro atoms. The predicted molar refractivity (Wildman–Crippen MR) is 269 cm³/mol. The molecule has 0 atom stereocenters. The maximum atomic E-state index is 13.7. The van der Waals surface area contributed by atoms with Gasteiger partial charge in [-0.05, 0) is 59.4 Å². The second-order valence-electron chi connectivity index (χ2n) is 17.0. The number of hydrogen-bond acceptors (Lipinski definition) is 4. The zero-order valence-electron chi connectivity index (χ0n) is 36.5. The lowest BCUT2D eigenvalue weighted by Gasteiger charge is -2.27. The summed E-state index contributed by atoms with van der Waals surface area (Å²) in [5.41, 5.74) is 17.5. The number of hydrogen-bond donors (Lipinski definition) is 0. The van der Waals surface area contributed by atoms with Crippen LogP contribution in [0.5, 0.6) is 0 Å². The Balaban J connectivity index is 1.01. The fourth-order valence-electron chi connectivity index (χ4n) is 9.51. The third kappa shape index (κ3) is 7.88. The lowest BCUT2D eigenvalue weighted by molar-refractivity contribution is -0.117. The summed E-state index contributed by atoms with van der Waals surface area (Å²) < 4.78 is 0. The Kier molecular flexibility index (Phi) is 10.9. The summed E-state index contributed by atoms with van der Waals surface area (Å²) in [6.07, 6.45) is 2.60. The first-order chi connectivity index (χ1) is 32.6. The Morgan fingerprint density at radius 1 is 0.318 bits per heavy atom. The molecule has 2 amide bonds. The number of carbonyl (C=O) groups is 2. The third-order valence-corrected chi connectivity index (χ3v) is 12.9. The lowest BCUT2D eigenvalue weighted by atomic mass is 9.92. The van der Waals surface area contributed by atoms with Gasteiger partial charge in [-0.15, -0.1) is 0 Å². The van der Waals surface area contributed by atoms with Crippen LogP contribution in [0.4, 0.5) is 11.4 Å². The number of carbonyl (C=O) groups excluding carboxylic acids is 2. The molecule has 0 N–H and O–H groups in total. The first-order valence-corrected chi connectivity index (χ1v) is 22.8. The number of aromatic nitrogens is 2. The van der Waals surface area contributed by atoms with Crippen LogP contribution in [0.3, 0.4) is 0 Å². The highest BCUT2D eigenvalue weighted by molar-refractivity contribution is 6.06. The van der Waals surface area contributed by atoms with Gasteiger partial charge in [0.25, 0.3) is 0 Å². The minimum atomic E-state index is 0.108. The first kappa shape index (κ1) is 40.5. The third-order valence-electron chi connectivity index (χ3n) is 12.9. The molecule has 2 aliphatic rings. The molecule has 318 valence electrons. The molecular formula is C60H46N4O2. The highest BCUT2D eigenvalue weighted by atomic mass is 16.2. The smallest absolute Gasteiger partial charge is 0.227 e. The Morgan fingerprint density at radius 3 is 0.955 bits per heavy atom. The van der Waals surface area contributed by atoms with Crippen molar-refractivity contribution in [2.75, 3.05) is 22.9 Å². The summed E-state index contributed by atoms with van der Waals surface area (Å²) in [5.74, 6) is 0.215. The molecule has 6 heteroatoms. The number of anilines is 2. The van der Waals surface area contributed by atoms with Crippen molar-refractivity contribution >= 4 is 23.2 Å². The van der Waals surface area contributed by atoms with Crippen molar-refractivity contribution in [2.45, 2.75) is 25.7 Å². The standard InChI is InChI=1S/C60H46N4O2/c65-57-23-13-37-63(57)55-40-52(44-31-27-42(28-32-44)50-34-36-54(46-17-7-2-8-18-46)62-60(50)48-21-11-4-12-22-48)56(64-38-14-24-58(64)66)39-51(55)43-29-25-41(26-30-43)49-33-35-53(45-15-5-1-6-16-45)61-59(49)47-19-9-3-10-20-47/h1-12,15-22,25-36,39-40H,13-14,23-24,37-38H2. The number of benzene rings is 7. The van der Waals surface area contributed by atoms with E-state index in [-0.39, 0.29) is 11.8 Å². The van der Waals surface area contributed by atoms with Crippen LogP contribution in [-0.2, 0) is 9.59 Å². The van der Waals surface area contributed by atoms with Gasteiger partial charge in [0.1, 0.15) is 0 Å². The highest BCUT2D eigenvalue weighted by Gasteiger charge is 2.30. The Bertz CT molecular complexity index is 2990. The minimum absolute atomic E-state index is 0.108. The van der Waals surface area contributed by atoms with E-state index in [1.807, 2.05) is 82.6 Å². The topological polar surface area (TPSA) is 66.4 Å². The van der Waals surface area contributed by atoms with E-state index in [0.717, 1.165) is 114 Å². The monoisotopic (exact) mass is 854 g/mol. The fourth-order valence-corrected chi connectivity index (χ4v) is 9.51. The normalized spacial score (nSPS) is 13.7. The zero-order chi connectivity index (χ0) is 44.4. The van der Waals surface area contributed by atoms with Crippen LogP contribution in [0.25, 0.3) is 89.5 Å². The Labute approximate surface area is 385 Å².